The van der Waals surface area contributed by atoms with E-state index in [0.29, 0.717) is 17.1 Å². The Morgan fingerprint density at radius 2 is 2.12 bits per heavy atom. The maximum Gasteiger partial charge on any atom is 0.129 e. The SMILES string of the molecule is CC(CO)C(C)NCc1c(F)cccc1Cl. The number of aliphatic hydroxyl groups is 1. The zero-order valence-electron chi connectivity index (χ0n) is 9.50. The van der Waals surface area contributed by atoms with Crippen LogP contribution in [0.25, 0.3) is 0 Å². The average molecular weight is 246 g/mol. The molecule has 2 atom stereocenters. The fourth-order valence-electron chi connectivity index (χ4n) is 1.32. The molecular weight excluding hydrogens is 229 g/mol. The quantitative estimate of drug-likeness (QED) is 0.836. The third-order valence-corrected chi connectivity index (χ3v) is 3.16. The Bertz CT molecular complexity index is 326. The molecule has 0 aromatic heterocycles. The van der Waals surface area contributed by atoms with E-state index in [1.54, 1.807) is 12.1 Å². The molecule has 2 unspecified atom stereocenters. The zero-order chi connectivity index (χ0) is 12.1. The summed E-state index contributed by atoms with van der Waals surface area (Å²) in [7, 11) is 0. The van der Waals surface area contributed by atoms with Crippen molar-refractivity contribution in [3.8, 4) is 0 Å². The van der Waals surface area contributed by atoms with Gasteiger partial charge in [0.05, 0.1) is 0 Å². The highest BCUT2D eigenvalue weighted by Gasteiger charge is 2.12. The maximum atomic E-state index is 13.4. The van der Waals surface area contributed by atoms with Crippen LogP contribution in [0.15, 0.2) is 18.2 Å². The third kappa shape index (κ3) is 3.44. The Balaban J connectivity index is 2.61. The van der Waals surface area contributed by atoms with E-state index in [0.717, 1.165) is 0 Å². The molecule has 0 saturated heterocycles. The minimum atomic E-state index is -0.302. The molecule has 0 radical (unpaired) electrons. The van der Waals surface area contributed by atoms with Gasteiger partial charge in [-0.2, -0.15) is 0 Å². The molecular formula is C12H17ClFNO. The van der Waals surface area contributed by atoms with Crippen LogP contribution in [0.4, 0.5) is 4.39 Å². The summed E-state index contributed by atoms with van der Waals surface area (Å²) < 4.78 is 13.4. The second-order valence-electron chi connectivity index (χ2n) is 4.03. The normalized spacial score (nSPS) is 14.8. The van der Waals surface area contributed by atoms with Gasteiger partial charge in [0.15, 0.2) is 0 Å². The van der Waals surface area contributed by atoms with Gasteiger partial charge < -0.3 is 10.4 Å². The summed E-state index contributed by atoms with van der Waals surface area (Å²) in [4.78, 5) is 0. The summed E-state index contributed by atoms with van der Waals surface area (Å²) in [6.07, 6.45) is 0. The first-order valence-electron chi connectivity index (χ1n) is 5.33. The van der Waals surface area contributed by atoms with Crippen molar-refractivity contribution in [3.05, 3.63) is 34.6 Å². The molecule has 0 aliphatic heterocycles. The van der Waals surface area contributed by atoms with Crippen molar-refractivity contribution >= 4 is 11.6 Å². The largest absolute Gasteiger partial charge is 0.396 e. The van der Waals surface area contributed by atoms with Crippen molar-refractivity contribution in [2.24, 2.45) is 5.92 Å². The molecule has 0 saturated carbocycles. The Morgan fingerprint density at radius 3 is 2.69 bits per heavy atom. The summed E-state index contributed by atoms with van der Waals surface area (Å²) in [6.45, 7) is 4.37. The fraction of sp³-hybridized carbons (Fsp3) is 0.500. The van der Waals surface area contributed by atoms with Gasteiger partial charge in [0.25, 0.3) is 0 Å². The van der Waals surface area contributed by atoms with Gasteiger partial charge in [0.2, 0.25) is 0 Å². The topological polar surface area (TPSA) is 32.3 Å². The molecule has 2 nitrogen and oxygen atoms in total. The van der Waals surface area contributed by atoms with Crippen LogP contribution in [0.3, 0.4) is 0 Å². The molecule has 0 fully saturated rings. The lowest BCUT2D eigenvalue weighted by molar-refractivity contribution is 0.207. The lowest BCUT2D eigenvalue weighted by Crippen LogP contribution is -2.33. The lowest BCUT2D eigenvalue weighted by Gasteiger charge is -2.19. The Morgan fingerprint density at radius 1 is 1.44 bits per heavy atom. The second-order valence-corrected chi connectivity index (χ2v) is 4.44. The highest BCUT2D eigenvalue weighted by atomic mass is 35.5. The van der Waals surface area contributed by atoms with Crippen LogP contribution in [0.5, 0.6) is 0 Å². The molecule has 0 spiro atoms. The minimum Gasteiger partial charge on any atom is -0.396 e. The van der Waals surface area contributed by atoms with Crippen LogP contribution >= 0.6 is 11.6 Å². The van der Waals surface area contributed by atoms with Gasteiger partial charge in [-0.05, 0) is 25.0 Å². The van der Waals surface area contributed by atoms with Crippen LogP contribution in [-0.4, -0.2) is 17.8 Å². The Labute approximate surface area is 100 Å². The number of hydrogen-bond donors (Lipinski definition) is 2. The highest BCUT2D eigenvalue weighted by molar-refractivity contribution is 6.31. The predicted octanol–water partition coefficient (Wildman–Crippen LogP) is 2.59. The van der Waals surface area contributed by atoms with Crippen LogP contribution in [-0.2, 0) is 6.54 Å². The van der Waals surface area contributed by atoms with Crippen LogP contribution < -0.4 is 5.32 Å². The monoisotopic (exact) mass is 245 g/mol. The van der Waals surface area contributed by atoms with Gasteiger partial charge in [0.1, 0.15) is 5.82 Å². The number of aliphatic hydroxyl groups excluding tert-OH is 1. The van der Waals surface area contributed by atoms with E-state index < -0.39 is 0 Å². The summed E-state index contributed by atoms with van der Waals surface area (Å²) in [6, 6.07) is 4.76. The fourth-order valence-corrected chi connectivity index (χ4v) is 1.55. The number of rotatable bonds is 5. The van der Waals surface area contributed by atoms with Crippen molar-refractivity contribution in [3.63, 3.8) is 0 Å². The molecule has 0 aliphatic carbocycles. The molecule has 90 valence electrons. The maximum absolute atomic E-state index is 13.4. The van der Waals surface area contributed by atoms with Gasteiger partial charge in [-0.1, -0.05) is 24.6 Å². The van der Waals surface area contributed by atoms with Crippen LogP contribution in [0.2, 0.25) is 5.02 Å². The standard InChI is InChI=1S/C12H17ClFNO/c1-8(7-16)9(2)15-6-10-11(13)4-3-5-12(10)14/h3-5,8-9,15-16H,6-7H2,1-2H3. The first-order valence-corrected chi connectivity index (χ1v) is 5.71. The second kappa shape index (κ2) is 6.18. The number of benzene rings is 1. The lowest BCUT2D eigenvalue weighted by atomic mass is 10.0. The Kier molecular flexibility index (Phi) is 5.19. The number of hydrogen-bond acceptors (Lipinski definition) is 2. The van der Waals surface area contributed by atoms with E-state index >= 15 is 0 Å². The predicted molar refractivity (Wildman–Crippen MR) is 64.0 cm³/mol. The van der Waals surface area contributed by atoms with E-state index in [1.807, 2.05) is 13.8 Å². The van der Waals surface area contributed by atoms with E-state index in [9.17, 15) is 4.39 Å². The van der Waals surface area contributed by atoms with E-state index in [-0.39, 0.29) is 24.4 Å². The molecule has 4 heteroatoms. The van der Waals surface area contributed by atoms with Gasteiger partial charge in [-0.25, -0.2) is 4.39 Å². The first kappa shape index (κ1) is 13.4. The van der Waals surface area contributed by atoms with Crippen molar-refractivity contribution in [1.82, 2.24) is 5.32 Å². The number of halogens is 2. The highest BCUT2D eigenvalue weighted by Crippen LogP contribution is 2.19. The first-order chi connectivity index (χ1) is 7.56. The van der Waals surface area contributed by atoms with Gasteiger partial charge in [-0.15, -0.1) is 0 Å². The molecule has 16 heavy (non-hydrogen) atoms. The molecule has 1 aromatic carbocycles. The van der Waals surface area contributed by atoms with Gasteiger partial charge >= 0.3 is 0 Å². The smallest absolute Gasteiger partial charge is 0.129 e. The summed E-state index contributed by atoms with van der Waals surface area (Å²) in [5.41, 5.74) is 0.473. The van der Waals surface area contributed by atoms with E-state index in [2.05, 4.69) is 5.32 Å². The Hall–Kier alpha value is -0.640. The summed E-state index contributed by atoms with van der Waals surface area (Å²) in [5.74, 6) is -0.172. The minimum absolute atomic E-state index is 0.110. The van der Waals surface area contributed by atoms with Crippen molar-refractivity contribution in [1.29, 1.82) is 0 Å². The van der Waals surface area contributed by atoms with Gasteiger partial charge in [0, 0.05) is 29.8 Å². The number of nitrogens with one attached hydrogen (secondary N) is 1. The molecule has 0 aliphatic rings. The summed E-state index contributed by atoms with van der Waals surface area (Å²) in [5, 5.41) is 12.5. The van der Waals surface area contributed by atoms with Gasteiger partial charge in [-0.3, -0.25) is 0 Å². The molecule has 0 heterocycles. The van der Waals surface area contributed by atoms with Crippen molar-refractivity contribution < 1.29 is 9.50 Å². The van der Waals surface area contributed by atoms with Crippen molar-refractivity contribution in [2.75, 3.05) is 6.61 Å². The third-order valence-electron chi connectivity index (χ3n) is 2.80. The molecule has 0 bridgehead atoms. The van der Waals surface area contributed by atoms with Crippen LogP contribution in [0.1, 0.15) is 19.4 Å². The molecule has 0 amide bonds. The van der Waals surface area contributed by atoms with E-state index in [4.69, 9.17) is 16.7 Å². The molecule has 1 rings (SSSR count). The average Bonchev–Trinajstić information content (AvgIpc) is 2.27. The van der Waals surface area contributed by atoms with Crippen LogP contribution in [0, 0.1) is 11.7 Å². The molecule has 2 N–H and O–H groups in total. The van der Waals surface area contributed by atoms with E-state index in [1.165, 1.54) is 6.07 Å². The molecule has 1 aromatic rings. The van der Waals surface area contributed by atoms with Crippen molar-refractivity contribution in [2.45, 2.75) is 26.4 Å². The summed E-state index contributed by atoms with van der Waals surface area (Å²) >= 11 is 5.90. The zero-order valence-corrected chi connectivity index (χ0v) is 10.3.